The zero-order valence-corrected chi connectivity index (χ0v) is 9.26. The van der Waals surface area contributed by atoms with E-state index in [0.717, 1.165) is 12.3 Å². The van der Waals surface area contributed by atoms with Crippen LogP contribution in [0.25, 0.3) is 0 Å². The van der Waals surface area contributed by atoms with E-state index in [1.54, 1.807) is 16.7 Å². The third-order valence-corrected chi connectivity index (χ3v) is 3.97. The molecule has 0 aromatic rings. The predicted molar refractivity (Wildman–Crippen MR) is 63.6 cm³/mol. The molecule has 3 aliphatic rings. The van der Waals surface area contributed by atoms with Crippen LogP contribution < -0.4 is 0 Å². The van der Waals surface area contributed by atoms with E-state index in [1.165, 1.54) is 38.5 Å². The van der Waals surface area contributed by atoms with Crippen molar-refractivity contribution in [2.45, 2.75) is 44.9 Å². The Balaban J connectivity index is 1.98. The van der Waals surface area contributed by atoms with Crippen LogP contribution in [0.2, 0.25) is 0 Å². The van der Waals surface area contributed by atoms with Crippen molar-refractivity contribution in [1.82, 2.24) is 0 Å². The Hall–Kier alpha value is -1.00. The highest BCUT2D eigenvalue weighted by Crippen LogP contribution is 2.42. The molecule has 0 N–H and O–H groups in total. The molecule has 0 heterocycles. The van der Waals surface area contributed by atoms with Crippen LogP contribution in [0.15, 0.2) is 40.7 Å². The lowest BCUT2D eigenvalue weighted by Crippen LogP contribution is -2.16. The van der Waals surface area contributed by atoms with Crippen LogP contribution in [0, 0.1) is 5.92 Å². The van der Waals surface area contributed by atoms with Gasteiger partial charge in [0.15, 0.2) is 0 Å². The molecule has 0 aliphatic heterocycles. The zero-order valence-electron chi connectivity index (χ0n) is 9.26. The fourth-order valence-corrected chi connectivity index (χ4v) is 3.23. The number of hydrogen-bond donors (Lipinski definition) is 0. The normalized spacial score (nSPS) is 34.1. The van der Waals surface area contributed by atoms with E-state index in [0.29, 0.717) is 0 Å². The Morgan fingerprint density at radius 2 is 2.13 bits per heavy atom. The van der Waals surface area contributed by atoms with E-state index < -0.39 is 0 Å². The largest absolute Gasteiger partial charge is 0.125 e. The first-order chi connectivity index (χ1) is 7.45. The third-order valence-electron chi connectivity index (χ3n) is 3.97. The average Bonchev–Trinajstić information content (AvgIpc) is 2.82. The van der Waals surface area contributed by atoms with Crippen molar-refractivity contribution >= 4 is 0 Å². The van der Waals surface area contributed by atoms with Crippen molar-refractivity contribution in [3.8, 4) is 0 Å². The zero-order chi connectivity index (χ0) is 10.1. The molecule has 78 valence electrons. The molecule has 1 fully saturated rings. The van der Waals surface area contributed by atoms with Crippen molar-refractivity contribution in [2.75, 3.05) is 0 Å². The Morgan fingerprint density at radius 1 is 1.20 bits per heavy atom. The van der Waals surface area contributed by atoms with Gasteiger partial charge in [0.2, 0.25) is 0 Å². The highest BCUT2D eigenvalue weighted by Gasteiger charge is 2.26. The maximum atomic E-state index is 3.23. The van der Waals surface area contributed by atoms with Gasteiger partial charge in [-0.15, -0.1) is 5.73 Å². The fourth-order valence-electron chi connectivity index (χ4n) is 3.23. The number of hydrogen-bond acceptors (Lipinski definition) is 0. The van der Waals surface area contributed by atoms with Gasteiger partial charge in [-0.1, -0.05) is 6.08 Å². The van der Waals surface area contributed by atoms with E-state index in [9.17, 15) is 0 Å². The minimum atomic E-state index is 0.893. The van der Waals surface area contributed by atoms with Crippen LogP contribution in [-0.2, 0) is 0 Å². The minimum absolute atomic E-state index is 0.893. The summed E-state index contributed by atoms with van der Waals surface area (Å²) >= 11 is 0. The molecule has 0 spiro atoms. The van der Waals surface area contributed by atoms with Crippen LogP contribution in [0.5, 0.6) is 0 Å². The Labute approximate surface area is 92.1 Å². The van der Waals surface area contributed by atoms with Gasteiger partial charge in [-0.3, -0.25) is 0 Å². The summed E-state index contributed by atoms with van der Waals surface area (Å²) in [7, 11) is 0. The number of allylic oxidation sites excluding steroid dienone is 5. The molecule has 0 nitrogen and oxygen atoms in total. The van der Waals surface area contributed by atoms with Gasteiger partial charge in [0.25, 0.3) is 0 Å². The van der Waals surface area contributed by atoms with Gasteiger partial charge >= 0.3 is 0 Å². The van der Waals surface area contributed by atoms with Crippen LogP contribution in [0.3, 0.4) is 0 Å². The van der Waals surface area contributed by atoms with Crippen molar-refractivity contribution in [2.24, 2.45) is 5.92 Å². The Bertz CT molecular complexity index is 386. The summed E-state index contributed by atoms with van der Waals surface area (Å²) in [5.41, 5.74) is 8.16. The standard InChI is InChI=1S/C15H18/c1-2-7-12(6-1)15-11-5-9-13-8-3-4-10-14(13)15/h1,7,10,13H,3-6,8-9,11H2. The van der Waals surface area contributed by atoms with Gasteiger partial charge in [0, 0.05) is 0 Å². The average molecular weight is 198 g/mol. The van der Waals surface area contributed by atoms with Crippen LogP contribution >= 0.6 is 0 Å². The minimum Gasteiger partial charge on any atom is -0.125 e. The van der Waals surface area contributed by atoms with Crippen molar-refractivity contribution < 1.29 is 0 Å². The van der Waals surface area contributed by atoms with Crippen molar-refractivity contribution in [3.63, 3.8) is 0 Å². The van der Waals surface area contributed by atoms with E-state index in [4.69, 9.17) is 0 Å². The molecule has 0 radical (unpaired) electrons. The summed E-state index contributed by atoms with van der Waals surface area (Å²) in [6.45, 7) is 0. The number of rotatable bonds is 0. The van der Waals surface area contributed by atoms with Gasteiger partial charge in [0.05, 0.1) is 0 Å². The van der Waals surface area contributed by atoms with Crippen LogP contribution in [0.4, 0.5) is 0 Å². The smallest absolute Gasteiger partial charge is 0.00123 e. The molecule has 3 rings (SSSR count). The SMILES string of the molecule is C1=CCC(=C2CCCC3CCCC=C23)C=1. The molecule has 1 saturated carbocycles. The molecule has 0 aromatic carbocycles. The Morgan fingerprint density at radius 3 is 3.00 bits per heavy atom. The van der Waals surface area contributed by atoms with Gasteiger partial charge in [-0.25, -0.2) is 0 Å². The van der Waals surface area contributed by atoms with E-state index in [-0.39, 0.29) is 0 Å². The summed E-state index contributed by atoms with van der Waals surface area (Å²) in [5, 5.41) is 0. The first kappa shape index (κ1) is 9.24. The topological polar surface area (TPSA) is 0 Å². The summed E-state index contributed by atoms with van der Waals surface area (Å²) < 4.78 is 0. The number of fused-ring (bicyclic) bond motifs is 1. The van der Waals surface area contributed by atoms with E-state index >= 15 is 0 Å². The highest BCUT2D eigenvalue weighted by atomic mass is 14.3. The highest BCUT2D eigenvalue weighted by molar-refractivity contribution is 5.45. The monoisotopic (exact) mass is 198 g/mol. The Kier molecular flexibility index (Phi) is 2.38. The lowest BCUT2D eigenvalue weighted by molar-refractivity contribution is 0.438. The van der Waals surface area contributed by atoms with E-state index in [2.05, 4.69) is 24.0 Å². The predicted octanol–water partition coefficient (Wildman–Crippen LogP) is 4.31. The maximum Gasteiger partial charge on any atom is -0.00123 e. The fraction of sp³-hybridized carbons (Fsp3) is 0.533. The first-order valence-electron chi connectivity index (χ1n) is 6.28. The quantitative estimate of drug-likeness (QED) is 0.509. The van der Waals surface area contributed by atoms with Gasteiger partial charge in [-0.05, 0) is 79.7 Å². The lowest BCUT2D eigenvalue weighted by Gasteiger charge is -2.32. The van der Waals surface area contributed by atoms with E-state index in [1.807, 2.05) is 0 Å². The molecule has 1 unspecified atom stereocenters. The second-order valence-electron chi connectivity index (χ2n) is 4.90. The van der Waals surface area contributed by atoms with Gasteiger partial charge < -0.3 is 0 Å². The van der Waals surface area contributed by atoms with Gasteiger partial charge in [-0.2, -0.15) is 0 Å². The molecular formula is C15H18. The van der Waals surface area contributed by atoms with Crippen molar-refractivity contribution in [1.29, 1.82) is 0 Å². The lowest BCUT2D eigenvalue weighted by atomic mass is 9.73. The summed E-state index contributed by atoms with van der Waals surface area (Å²) in [6, 6.07) is 0. The van der Waals surface area contributed by atoms with Crippen LogP contribution in [0.1, 0.15) is 44.9 Å². The molecule has 0 saturated heterocycles. The molecule has 0 bridgehead atoms. The molecule has 0 heteroatoms. The molecular weight excluding hydrogens is 180 g/mol. The maximum absolute atomic E-state index is 3.23. The third kappa shape index (κ3) is 1.64. The van der Waals surface area contributed by atoms with Crippen LogP contribution in [-0.4, -0.2) is 0 Å². The summed E-state index contributed by atoms with van der Waals surface area (Å²) in [4.78, 5) is 0. The molecule has 1 atom stereocenters. The molecule has 0 aromatic heterocycles. The summed E-state index contributed by atoms with van der Waals surface area (Å²) in [5.74, 6) is 0.893. The molecule has 0 amide bonds. The molecule has 3 aliphatic carbocycles. The second-order valence-corrected chi connectivity index (χ2v) is 4.90. The summed E-state index contributed by atoms with van der Waals surface area (Å²) in [6.07, 6.45) is 16.3. The second kappa shape index (κ2) is 3.87. The van der Waals surface area contributed by atoms with Gasteiger partial charge in [0.1, 0.15) is 0 Å². The van der Waals surface area contributed by atoms with Crippen molar-refractivity contribution in [3.05, 3.63) is 40.7 Å². The first-order valence-corrected chi connectivity index (χ1v) is 6.28. The molecule has 15 heavy (non-hydrogen) atoms.